The second-order valence-electron chi connectivity index (χ2n) is 4.79. The molecule has 0 N–H and O–H groups in total. The van der Waals surface area contributed by atoms with E-state index in [2.05, 4.69) is 16.2 Å². The minimum atomic E-state index is -5.65. The van der Waals surface area contributed by atoms with Crippen LogP contribution in [0, 0.1) is 5.92 Å². The van der Waals surface area contributed by atoms with Crippen LogP contribution in [0.2, 0.25) is 0 Å². The lowest BCUT2D eigenvalue weighted by atomic mass is 9.74. The van der Waals surface area contributed by atoms with Gasteiger partial charge in [0.2, 0.25) is 5.88 Å². The average molecular weight is 298 g/mol. The molecule has 0 unspecified atom stereocenters. The van der Waals surface area contributed by atoms with Crippen LogP contribution in [-0.2, 0) is 17.2 Å². The molecule has 1 aliphatic carbocycles. The van der Waals surface area contributed by atoms with Crippen LogP contribution in [0.25, 0.3) is 0 Å². The summed E-state index contributed by atoms with van der Waals surface area (Å²) < 4.78 is 63.5. The first-order valence-corrected chi connectivity index (χ1v) is 7.05. The number of aromatic nitrogens is 2. The lowest BCUT2D eigenvalue weighted by molar-refractivity contribution is -0.0502. The van der Waals surface area contributed by atoms with E-state index >= 15 is 0 Å². The van der Waals surface area contributed by atoms with Crippen molar-refractivity contribution in [3.63, 3.8) is 0 Å². The van der Waals surface area contributed by atoms with Crippen LogP contribution < -0.4 is 4.18 Å². The summed E-state index contributed by atoms with van der Waals surface area (Å²) in [6.07, 6.45) is 1.78. The molecule has 0 amide bonds. The fraction of sp³-hybridized carbons (Fsp3) is 0.700. The number of rotatable bonds is 3. The van der Waals surface area contributed by atoms with Gasteiger partial charge < -0.3 is 4.18 Å². The van der Waals surface area contributed by atoms with Gasteiger partial charge in [-0.3, -0.25) is 0 Å². The normalized spacial score (nSPS) is 24.1. The Balaban J connectivity index is 2.18. The molecule has 5 nitrogen and oxygen atoms in total. The number of hydrogen-bond acceptors (Lipinski definition) is 4. The maximum atomic E-state index is 12.2. The molecule has 1 fully saturated rings. The van der Waals surface area contributed by atoms with Crippen molar-refractivity contribution in [2.75, 3.05) is 0 Å². The Labute approximate surface area is 108 Å². The van der Waals surface area contributed by atoms with Crippen LogP contribution in [0.4, 0.5) is 13.2 Å². The highest BCUT2D eigenvalue weighted by Crippen LogP contribution is 2.41. The third kappa shape index (κ3) is 2.70. The quantitative estimate of drug-likeness (QED) is 0.634. The predicted molar refractivity (Wildman–Crippen MR) is 59.9 cm³/mol. The first-order valence-electron chi connectivity index (χ1n) is 5.65. The molecule has 0 aromatic carbocycles. The second kappa shape index (κ2) is 4.39. The Hall–Kier alpha value is -1.25. The fourth-order valence-corrected chi connectivity index (χ4v) is 2.53. The van der Waals surface area contributed by atoms with Crippen LogP contribution in [0.5, 0.6) is 5.88 Å². The third-order valence-corrected chi connectivity index (χ3v) is 4.08. The van der Waals surface area contributed by atoms with Gasteiger partial charge in [-0.25, -0.2) is 4.68 Å². The summed E-state index contributed by atoms with van der Waals surface area (Å²) in [4.78, 5) is 0. The first kappa shape index (κ1) is 14.2. The van der Waals surface area contributed by atoms with Gasteiger partial charge in [0.1, 0.15) is 0 Å². The number of aryl methyl sites for hydroxylation is 1. The van der Waals surface area contributed by atoms with E-state index < -0.39 is 21.5 Å². The van der Waals surface area contributed by atoms with E-state index in [0.29, 0.717) is 11.6 Å². The van der Waals surface area contributed by atoms with Crippen molar-refractivity contribution in [3.8, 4) is 5.88 Å². The molecule has 108 valence electrons. The van der Waals surface area contributed by atoms with Crippen molar-refractivity contribution in [1.29, 1.82) is 0 Å². The zero-order valence-corrected chi connectivity index (χ0v) is 11.1. The van der Waals surface area contributed by atoms with Gasteiger partial charge in [-0.2, -0.15) is 26.7 Å². The van der Waals surface area contributed by atoms with Crippen molar-refractivity contribution in [1.82, 2.24) is 9.78 Å². The van der Waals surface area contributed by atoms with E-state index in [0.717, 1.165) is 17.5 Å². The Morgan fingerprint density at radius 2 is 2.00 bits per heavy atom. The molecule has 2 rings (SSSR count). The third-order valence-electron chi connectivity index (χ3n) is 3.13. The summed E-state index contributed by atoms with van der Waals surface area (Å²) >= 11 is 0. The minimum Gasteiger partial charge on any atom is -0.356 e. The summed E-state index contributed by atoms with van der Waals surface area (Å²) in [5.41, 5.74) is -4.88. The SMILES string of the molecule is CC1CC(c2cc(OS(=O)(=O)C(F)(F)F)n(C)n2)C1. The summed E-state index contributed by atoms with van der Waals surface area (Å²) in [6, 6.07) is 1.25. The van der Waals surface area contributed by atoms with Crippen molar-refractivity contribution in [2.24, 2.45) is 13.0 Å². The zero-order valence-electron chi connectivity index (χ0n) is 10.3. The van der Waals surface area contributed by atoms with Crippen LogP contribution in [0.3, 0.4) is 0 Å². The topological polar surface area (TPSA) is 61.2 Å². The predicted octanol–water partition coefficient (Wildman–Crippen LogP) is 2.16. The molecule has 1 aromatic rings. The monoisotopic (exact) mass is 298 g/mol. The maximum absolute atomic E-state index is 12.2. The van der Waals surface area contributed by atoms with E-state index in [-0.39, 0.29) is 5.92 Å². The van der Waals surface area contributed by atoms with Crippen LogP contribution >= 0.6 is 0 Å². The molecule has 1 heterocycles. The van der Waals surface area contributed by atoms with Crippen molar-refractivity contribution >= 4 is 10.1 Å². The van der Waals surface area contributed by atoms with Crippen LogP contribution in [-0.4, -0.2) is 23.7 Å². The standard InChI is InChI=1S/C10H13F3N2O3S/c1-6-3-7(4-6)8-5-9(15(2)14-8)18-19(16,17)10(11,12)13/h5-7H,3-4H2,1-2H3. The highest BCUT2D eigenvalue weighted by Gasteiger charge is 2.49. The van der Waals surface area contributed by atoms with Crippen LogP contribution in [0.15, 0.2) is 6.07 Å². The van der Waals surface area contributed by atoms with E-state index in [4.69, 9.17) is 0 Å². The number of nitrogens with zero attached hydrogens (tertiary/aromatic N) is 2. The van der Waals surface area contributed by atoms with Gasteiger partial charge in [0, 0.05) is 19.0 Å². The first-order chi connectivity index (χ1) is 8.60. The van der Waals surface area contributed by atoms with Crippen molar-refractivity contribution < 1.29 is 25.8 Å². The van der Waals surface area contributed by atoms with E-state index in [1.807, 2.05) is 0 Å². The largest absolute Gasteiger partial charge is 0.534 e. The van der Waals surface area contributed by atoms with Gasteiger partial charge in [0.05, 0.1) is 5.69 Å². The Bertz CT molecular complexity index is 573. The minimum absolute atomic E-state index is 0.159. The van der Waals surface area contributed by atoms with Gasteiger partial charge in [0.15, 0.2) is 0 Å². The Morgan fingerprint density at radius 1 is 1.42 bits per heavy atom. The summed E-state index contributed by atoms with van der Waals surface area (Å²) in [5.74, 6) is 0.286. The molecule has 1 saturated carbocycles. The number of alkyl halides is 3. The van der Waals surface area contributed by atoms with Crippen molar-refractivity contribution in [3.05, 3.63) is 11.8 Å². The lowest BCUT2D eigenvalue weighted by Gasteiger charge is -2.30. The highest BCUT2D eigenvalue weighted by molar-refractivity contribution is 7.87. The summed E-state index contributed by atoms with van der Waals surface area (Å²) in [7, 11) is -4.31. The van der Waals surface area contributed by atoms with Gasteiger partial charge in [0.25, 0.3) is 0 Å². The zero-order chi connectivity index (χ0) is 14.4. The molecule has 0 bridgehead atoms. The molecule has 1 aromatic heterocycles. The smallest absolute Gasteiger partial charge is 0.356 e. The number of halogens is 3. The van der Waals surface area contributed by atoms with Crippen molar-refractivity contribution in [2.45, 2.75) is 31.2 Å². The Kier molecular flexibility index (Phi) is 3.28. The molecule has 0 aliphatic heterocycles. The van der Waals surface area contributed by atoms with Gasteiger partial charge in [-0.1, -0.05) is 6.92 Å². The molecular weight excluding hydrogens is 285 g/mol. The van der Waals surface area contributed by atoms with Gasteiger partial charge in [-0.05, 0) is 18.8 Å². The summed E-state index contributed by atoms with van der Waals surface area (Å²) in [5, 5.41) is 3.99. The molecule has 1 aliphatic rings. The van der Waals surface area contributed by atoms with Gasteiger partial charge in [-0.15, -0.1) is 0 Å². The second-order valence-corrected chi connectivity index (χ2v) is 6.33. The summed E-state index contributed by atoms with van der Waals surface area (Å²) in [6.45, 7) is 2.06. The molecular formula is C10H13F3N2O3S. The average Bonchev–Trinajstić information content (AvgIpc) is 2.53. The van der Waals surface area contributed by atoms with E-state index in [9.17, 15) is 21.6 Å². The molecule has 0 radical (unpaired) electrons. The molecule has 9 heteroatoms. The molecule has 19 heavy (non-hydrogen) atoms. The molecule has 0 saturated heterocycles. The van der Waals surface area contributed by atoms with E-state index in [1.165, 1.54) is 13.1 Å². The fourth-order valence-electron chi connectivity index (χ4n) is 2.05. The maximum Gasteiger partial charge on any atom is 0.534 e. The van der Waals surface area contributed by atoms with Crippen LogP contribution in [0.1, 0.15) is 31.4 Å². The number of hydrogen-bond donors (Lipinski definition) is 0. The highest BCUT2D eigenvalue weighted by atomic mass is 32.2. The molecule has 0 spiro atoms. The lowest BCUT2D eigenvalue weighted by Crippen LogP contribution is -2.28. The molecule has 0 atom stereocenters. The Morgan fingerprint density at radius 3 is 2.47 bits per heavy atom. The van der Waals surface area contributed by atoms with Gasteiger partial charge >= 0.3 is 15.6 Å². The van der Waals surface area contributed by atoms with E-state index in [1.54, 1.807) is 0 Å².